The number of benzene rings is 3. The molecule has 0 spiro atoms. The third-order valence-electron chi connectivity index (χ3n) is 6.69. The first kappa shape index (κ1) is 24.0. The molecule has 0 atom stereocenters. The number of furan rings is 1. The van der Waals surface area contributed by atoms with E-state index in [9.17, 15) is 4.79 Å². The van der Waals surface area contributed by atoms with E-state index < -0.39 is 0 Å². The zero-order valence-corrected chi connectivity index (χ0v) is 20.9. The van der Waals surface area contributed by atoms with Crippen LogP contribution in [0.3, 0.4) is 0 Å². The lowest BCUT2D eigenvalue weighted by Gasteiger charge is -2.34. The van der Waals surface area contributed by atoms with Gasteiger partial charge in [0.05, 0.1) is 33.6 Å². The fourth-order valence-electron chi connectivity index (χ4n) is 4.76. The molecule has 0 aliphatic carbocycles. The SMILES string of the molecule is COc1ccc(OC)c(CN2CCN(CC(=O)Nc3cc4oc5ccccc5c4cc3OC)CC2)c1. The van der Waals surface area contributed by atoms with E-state index in [-0.39, 0.29) is 5.91 Å². The van der Waals surface area contributed by atoms with Crippen LogP contribution in [0.2, 0.25) is 0 Å². The zero-order chi connectivity index (χ0) is 25.1. The molecule has 0 bridgehead atoms. The molecule has 0 saturated carbocycles. The number of para-hydroxylation sites is 1. The average molecular weight is 490 g/mol. The minimum Gasteiger partial charge on any atom is -0.497 e. The Hall–Kier alpha value is -3.75. The maximum Gasteiger partial charge on any atom is 0.238 e. The van der Waals surface area contributed by atoms with Gasteiger partial charge < -0.3 is 23.9 Å². The molecule has 36 heavy (non-hydrogen) atoms. The summed E-state index contributed by atoms with van der Waals surface area (Å²) in [6.07, 6.45) is 0. The second-order valence-electron chi connectivity index (χ2n) is 8.93. The van der Waals surface area contributed by atoms with Crippen molar-refractivity contribution in [3.63, 3.8) is 0 Å². The van der Waals surface area contributed by atoms with Crippen LogP contribution in [0.25, 0.3) is 21.9 Å². The largest absolute Gasteiger partial charge is 0.497 e. The van der Waals surface area contributed by atoms with Crippen molar-refractivity contribution < 1.29 is 23.4 Å². The number of nitrogens with zero attached hydrogens (tertiary/aromatic N) is 2. The summed E-state index contributed by atoms with van der Waals surface area (Å²) >= 11 is 0. The molecule has 2 heterocycles. The van der Waals surface area contributed by atoms with Crippen molar-refractivity contribution in [2.75, 3.05) is 59.4 Å². The Morgan fingerprint density at radius 1 is 0.833 bits per heavy atom. The van der Waals surface area contributed by atoms with Crippen molar-refractivity contribution in [1.29, 1.82) is 0 Å². The van der Waals surface area contributed by atoms with Gasteiger partial charge in [-0.2, -0.15) is 0 Å². The third kappa shape index (κ3) is 4.96. The van der Waals surface area contributed by atoms with Crippen LogP contribution in [0.15, 0.2) is 59.0 Å². The van der Waals surface area contributed by atoms with Gasteiger partial charge in [-0.1, -0.05) is 18.2 Å². The van der Waals surface area contributed by atoms with Crippen LogP contribution in [0.5, 0.6) is 17.2 Å². The molecular weight excluding hydrogens is 458 g/mol. The average Bonchev–Trinajstić information content (AvgIpc) is 3.26. The molecule has 1 saturated heterocycles. The number of anilines is 1. The number of amides is 1. The first-order valence-corrected chi connectivity index (χ1v) is 12.0. The Bertz CT molecular complexity index is 1370. The highest BCUT2D eigenvalue weighted by atomic mass is 16.5. The lowest BCUT2D eigenvalue weighted by atomic mass is 10.1. The maximum atomic E-state index is 12.9. The molecule has 0 unspecified atom stereocenters. The first-order valence-electron chi connectivity index (χ1n) is 12.0. The highest BCUT2D eigenvalue weighted by Crippen LogP contribution is 2.36. The topological polar surface area (TPSA) is 76.4 Å². The fraction of sp³-hybridized carbons (Fsp3) is 0.321. The van der Waals surface area contributed by atoms with E-state index >= 15 is 0 Å². The molecule has 1 N–H and O–H groups in total. The van der Waals surface area contributed by atoms with Crippen LogP contribution in [0, 0.1) is 0 Å². The van der Waals surface area contributed by atoms with E-state index in [0.29, 0.717) is 23.6 Å². The Kier molecular flexibility index (Phi) is 6.97. The van der Waals surface area contributed by atoms with Crippen molar-refractivity contribution in [1.82, 2.24) is 9.80 Å². The Labute approximate surface area is 210 Å². The van der Waals surface area contributed by atoms with E-state index in [4.69, 9.17) is 18.6 Å². The minimum absolute atomic E-state index is 0.0772. The van der Waals surface area contributed by atoms with Crippen molar-refractivity contribution in [2.45, 2.75) is 6.54 Å². The molecular formula is C28H31N3O5. The van der Waals surface area contributed by atoms with E-state index in [0.717, 1.165) is 66.1 Å². The van der Waals surface area contributed by atoms with Crippen molar-refractivity contribution in [3.8, 4) is 17.2 Å². The number of hydrogen-bond acceptors (Lipinski definition) is 7. The summed E-state index contributed by atoms with van der Waals surface area (Å²) < 4.78 is 22.4. The molecule has 1 aliphatic heterocycles. The van der Waals surface area contributed by atoms with Gasteiger partial charge in [0, 0.05) is 55.1 Å². The van der Waals surface area contributed by atoms with Gasteiger partial charge in [0.15, 0.2) is 0 Å². The van der Waals surface area contributed by atoms with Gasteiger partial charge in [0.1, 0.15) is 28.4 Å². The second-order valence-corrected chi connectivity index (χ2v) is 8.93. The molecule has 0 radical (unpaired) electrons. The summed E-state index contributed by atoms with van der Waals surface area (Å²) in [5.74, 6) is 2.21. The monoisotopic (exact) mass is 489 g/mol. The van der Waals surface area contributed by atoms with Gasteiger partial charge in [-0.05, 0) is 30.3 Å². The summed E-state index contributed by atoms with van der Waals surface area (Å²) in [5.41, 5.74) is 3.23. The van der Waals surface area contributed by atoms with Crippen molar-refractivity contribution in [3.05, 3.63) is 60.2 Å². The highest BCUT2D eigenvalue weighted by Gasteiger charge is 2.21. The van der Waals surface area contributed by atoms with E-state index in [1.54, 1.807) is 21.3 Å². The minimum atomic E-state index is -0.0772. The van der Waals surface area contributed by atoms with Gasteiger partial charge in [-0.3, -0.25) is 14.6 Å². The van der Waals surface area contributed by atoms with Crippen LogP contribution < -0.4 is 19.5 Å². The van der Waals surface area contributed by atoms with Gasteiger partial charge in [-0.15, -0.1) is 0 Å². The molecule has 8 heteroatoms. The Morgan fingerprint density at radius 3 is 2.33 bits per heavy atom. The number of methoxy groups -OCH3 is 3. The van der Waals surface area contributed by atoms with Gasteiger partial charge in [0.25, 0.3) is 0 Å². The van der Waals surface area contributed by atoms with Crippen LogP contribution >= 0.6 is 0 Å². The third-order valence-corrected chi connectivity index (χ3v) is 6.69. The quantitative estimate of drug-likeness (QED) is 0.394. The van der Waals surface area contributed by atoms with Crippen molar-refractivity contribution in [2.24, 2.45) is 0 Å². The molecule has 1 amide bonds. The van der Waals surface area contributed by atoms with Gasteiger partial charge >= 0.3 is 0 Å². The van der Waals surface area contributed by atoms with Crippen LogP contribution in [-0.2, 0) is 11.3 Å². The predicted octanol–water partition coefficient (Wildman–Crippen LogP) is 4.37. The molecule has 5 rings (SSSR count). The number of rotatable bonds is 8. The van der Waals surface area contributed by atoms with Crippen LogP contribution in [-0.4, -0.2) is 69.8 Å². The number of ether oxygens (including phenoxy) is 3. The summed E-state index contributed by atoms with van der Waals surface area (Å²) in [7, 11) is 4.96. The van der Waals surface area contributed by atoms with Crippen molar-refractivity contribution >= 4 is 33.5 Å². The molecule has 1 fully saturated rings. The zero-order valence-electron chi connectivity index (χ0n) is 20.9. The number of carbonyl (C=O) groups is 1. The number of fused-ring (bicyclic) bond motifs is 3. The summed E-state index contributed by atoms with van der Waals surface area (Å²) in [4.78, 5) is 17.4. The van der Waals surface area contributed by atoms with E-state index in [1.807, 2.05) is 54.6 Å². The molecule has 1 aliphatic rings. The number of nitrogens with one attached hydrogen (secondary N) is 1. The highest BCUT2D eigenvalue weighted by molar-refractivity contribution is 6.07. The molecule has 1 aromatic heterocycles. The molecule has 4 aromatic rings. The predicted molar refractivity (Wildman–Crippen MR) is 140 cm³/mol. The Balaban J connectivity index is 1.20. The fourth-order valence-corrected chi connectivity index (χ4v) is 4.76. The molecule has 8 nitrogen and oxygen atoms in total. The van der Waals surface area contributed by atoms with E-state index in [1.165, 1.54) is 0 Å². The van der Waals surface area contributed by atoms with Gasteiger partial charge in [0.2, 0.25) is 5.91 Å². The smallest absolute Gasteiger partial charge is 0.238 e. The van der Waals surface area contributed by atoms with Crippen LogP contribution in [0.1, 0.15) is 5.56 Å². The lowest BCUT2D eigenvalue weighted by molar-refractivity contribution is -0.117. The standard InChI is InChI=1S/C28H31N3O5/c1-33-20-8-9-24(34-2)19(14-20)17-30-10-12-31(13-11-30)18-28(32)29-23-16-26-22(15-27(23)35-3)21-6-4-5-7-25(21)36-26/h4-9,14-16H,10-13,17-18H2,1-3H3,(H,29,32). The Morgan fingerprint density at radius 2 is 1.58 bits per heavy atom. The maximum absolute atomic E-state index is 12.9. The normalized spacial score (nSPS) is 14.8. The number of piperazine rings is 1. The van der Waals surface area contributed by atoms with E-state index in [2.05, 4.69) is 15.1 Å². The van der Waals surface area contributed by atoms with Crippen LogP contribution in [0.4, 0.5) is 5.69 Å². The number of carbonyl (C=O) groups excluding carboxylic acids is 1. The number of hydrogen-bond donors (Lipinski definition) is 1. The summed E-state index contributed by atoms with van der Waals surface area (Å²) in [5, 5.41) is 5.00. The molecule has 3 aromatic carbocycles. The summed E-state index contributed by atoms with van der Waals surface area (Å²) in [6.45, 7) is 4.43. The van der Waals surface area contributed by atoms with Gasteiger partial charge in [-0.25, -0.2) is 0 Å². The first-order chi connectivity index (χ1) is 17.6. The second kappa shape index (κ2) is 10.5. The summed E-state index contributed by atoms with van der Waals surface area (Å²) in [6, 6.07) is 17.5. The molecule has 188 valence electrons. The lowest BCUT2D eigenvalue weighted by Crippen LogP contribution is -2.48.